The summed E-state index contributed by atoms with van der Waals surface area (Å²) in [6.45, 7) is 4.96. The van der Waals surface area contributed by atoms with Crippen LogP contribution in [-0.4, -0.2) is 47.4 Å². The van der Waals surface area contributed by atoms with Gasteiger partial charge < -0.3 is 20.3 Å². The SMILES string of the molecule is CCCCCCCCC/C=C\CCCCCCCC(=O)OCCCCCCCCCCCCCCCCCC(=O)NC(CO)C(O)CCCCCCCCCCCCCCCCCCCCC. The first-order chi connectivity index (χ1) is 33.0. The molecule has 0 aliphatic carbocycles. The van der Waals surface area contributed by atoms with E-state index in [2.05, 4.69) is 31.3 Å². The van der Waals surface area contributed by atoms with Gasteiger partial charge in [0.25, 0.3) is 0 Å². The normalized spacial score (nSPS) is 12.6. The third-order valence-electron chi connectivity index (χ3n) is 14.3. The van der Waals surface area contributed by atoms with Crippen LogP contribution in [0.5, 0.6) is 0 Å². The number of aliphatic hydroxyl groups is 2. The molecule has 6 heteroatoms. The molecule has 0 aliphatic heterocycles. The van der Waals surface area contributed by atoms with E-state index in [-0.39, 0.29) is 18.5 Å². The molecule has 0 fully saturated rings. The number of allylic oxidation sites excluding steroid dienone is 2. The van der Waals surface area contributed by atoms with E-state index in [0.717, 1.165) is 51.4 Å². The van der Waals surface area contributed by atoms with E-state index in [0.29, 0.717) is 25.9 Å². The van der Waals surface area contributed by atoms with Gasteiger partial charge in [0.1, 0.15) is 0 Å². The summed E-state index contributed by atoms with van der Waals surface area (Å²) in [5.41, 5.74) is 0. The van der Waals surface area contributed by atoms with Gasteiger partial charge >= 0.3 is 5.97 Å². The van der Waals surface area contributed by atoms with Crippen LogP contribution in [0.3, 0.4) is 0 Å². The molecule has 0 heterocycles. The Bertz CT molecular complexity index is 1000. The molecule has 3 N–H and O–H groups in total. The van der Waals surface area contributed by atoms with Crippen molar-refractivity contribution in [1.29, 1.82) is 0 Å². The molecule has 0 bridgehead atoms. The van der Waals surface area contributed by atoms with E-state index in [1.807, 2.05) is 0 Å². The van der Waals surface area contributed by atoms with Crippen LogP contribution in [0.25, 0.3) is 0 Å². The molecule has 0 aromatic rings. The van der Waals surface area contributed by atoms with Crippen LogP contribution in [0, 0.1) is 0 Å². The Hall–Kier alpha value is -1.40. The molecule has 0 aromatic heterocycles. The zero-order valence-corrected chi connectivity index (χ0v) is 45.4. The van der Waals surface area contributed by atoms with Gasteiger partial charge in [0.05, 0.1) is 25.4 Å². The van der Waals surface area contributed by atoms with E-state index in [9.17, 15) is 19.8 Å². The lowest BCUT2D eigenvalue weighted by Gasteiger charge is -2.22. The maximum atomic E-state index is 12.5. The molecule has 0 radical (unpaired) electrons. The summed E-state index contributed by atoms with van der Waals surface area (Å²) in [5, 5.41) is 23.3. The number of carbonyl (C=O) groups is 2. The fourth-order valence-corrected chi connectivity index (χ4v) is 9.64. The Morgan fingerprint density at radius 2 is 0.701 bits per heavy atom. The first-order valence-electron chi connectivity index (χ1n) is 30.4. The van der Waals surface area contributed by atoms with Gasteiger partial charge in [-0.3, -0.25) is 9.59 Å². The maximum absolute atomic E-state index is 12.5. The summed E-state index contributed by atoms with van der Waals surface area (Å²) >= 11 is 0. The molecule has 0 spiro atoms. The number of esters is 1. The Morgan fingerprint density at radius 3 is 1.06 bits per heavy atom. The minimum Gasteiger partial charge on any atom is -0.466 e. The molecule has 6 nitrogen and oxygen atoms in total. The van der Waals surface area contributed by atoms with E-state index < -0.39 is 12.1 Å². The van der Waals surface area contributed by atoms with E-state index >= 15 is 0 Å². The molecule has 398 valence electrons. The summed E-state index contributed by atoms with van der Waals surface area (Å²) in [4.78, 5) is 24.6. The minimum absolute atomic E-state index is 0.00564. The van der Waals surface area contributed by atoms with Crippen molar-refractivity contribution in [3.8, 4) is 0 Å². The second kappa shape index (κ2) is 57.2. The van der Waals surface area contributed by atoms with Crippen LogP contribution in [-0.2, 0) is 14.3 Å². The molecule has 0 saturated carbocycles. The van der Waals surface area contributed by atoms with Crippen molar-refractivity contribution in [1.82, 2.24) is 5.32 Å². The lowest BCUT2D eigenvalue weighted by molar-refractivity contribution is -0.143. The average Bonchev–Trinajstić information content (AvgIpc) is 3.33. The lowest BCUT2D eigenvalue weighted by atomic mass is 10.0. The average molecular weight is 947 g/mol. The van der Waals surface area contributed by atoms with Gasteiger partial charge in [-0.25, -0.2) is 0 Å². The van der Waals surface area contributed by atoms with Crippen LogP contribution < -0.4 is 5.32 Å². The lowest BCUT2D eigenvalue weighted by Crippen LogP contribution is -2.45. The highest BCUT2D eigenvalue weighted by Crippen LogP contribution is 2.18. The predicted molar refractivity (Wildman–Crippen MR) is 292 cm³/mol. The molecule has 1 amide bonds. The Balaban J connectivity index is 3.42. The van der Waals surface area contributed by atoms with E-state index in [1.165, 1.54) is 257 Å². The van der Waals surface area contributed by atoms with Crippen molar-refractivity contribution in [2.75, 3.05) is 13.2 Å². The molecule has 67 heavy (non-hydrogen) atoms. The van der Waals surface area contributed by atoms with E-state index in [4.69, 9.17) is 4.74 Å². The number of unbranched alkanes of at least 4 members (excludes halogenated alkanes) is 44. The zero-order chi connectivity index (χ0) is 48.6. The van der Waals surface area contributed by atoms with Gasteiger partial charge in [-0.05, 0) is 51.4 Å². The largest absolute Gasteiger partial charge is 0.466 e. The van der Waals surface area contributed by atoms with Crippen molar-refractivity contribution in [2.24, 2.45) is 0 Å². The number of hydrogen-bond donors (Lipinski definition) is 3. The molecule has 2 atom stereocenters. The van der Waals surface area contributed by atoms with Crippen LogP contribution >= 0.6 is 0 Å². The Labute approximate surface area is 419 Å². The van der Waals surface area contributed by atoms with E-state index in [1.54, 1.807) is 0 Å². The molecule has 0 saturated heterocycles. The zero-order valence-electron chi connectivity index (χ0n) is 45.4. The highest BCUT2D eigenvalue weighted by atomic mass is 16.5. The van der Waals surface area contributed by atoms with Crippen molar-refractivity contribution < 1.29 is 24.5 Å². The number of aliphatic hydroxyl groups excluding tert-OH is 2. The van der Waals surface area contributed by atoms with Gasteiger partial charge in [-0.2, -0.15) is 0 Å². The van der Waals surface area contributed by atoms with Gasteiger partial charge in [-0.1, -0.05) is 289 Å². The molecule has 0 rings (SSSR count). The van der Waals surface area contributed by atoms with Crippen molar-refractivity contribution in [2.45, 2.75) is 353 Å². The molecule has 2 unspecified atom stereocenters. The highest BCUT2D eigenvalue weighted by Gasteiger charge is 2.20. The fourth-order valence-electron chi connectivity index (χ4n) is 9.64. The minimum atomic E-state index is -0.670. The highest BCUT2D eigenvalue weighted by molar-refractivity contribution is 5.76. The molecule has 0 aliphatic rings. The van der Waals surface area contributed by atoms with Crippen LogP contribution in [0.2, 0.25) is 0 Å². The second-order valence-corrected chi connectivity index (χ2v) is 21.0. The predicted octanol–water partition coefficient (Wildman–Crippen LogP) is 18.9. The summed E-state index contributed by atoms with van der Waals surface area (Å²) in [6.07, 6.45) is 67.7. The number of carbonyl (C=O) groups excluding carboxylic acids is 2. The maximum Gasteiger partial charge on any atom is 0.305 e. The standard InChI is InChI=1S/C61H119NO5/c1-3-5-7-9-11-13-15-17-19-21-22-23-25-29-33-37-41-45-49-53-59(64)58(57-63)62-60(65)54-50-46-42-38-34-30-26-24-28-32-36-40-44-48-52-56-67-61(66)55-51-47-43-39-35-31-27-20-18-16-14-12-10-8-6-4-2/h20,27,58-59,63-64H,3-19,21-26,28-57H2,1-2H3,(H,62,65)/b27-20-. The van der Waals surface area contributed by atoms with Crippen molar-refractivity contribution in [3.63, 3.8) is 0 Å². The number of rotatable bonds is 57. The van der Waals surface area contributed by atoms with Crippen molar-refractivity contribution in [3.05, 3.63) is 12.2 Å². The monoisotopic (exact) mass is 946 g/mol. The summed E-state index contributed by atoms with van der Waals surface area (Å²) in [5.74, 6) is -0.0459. The number of ether oxygens (including phenoxy) is 1. The summed E-state index contributed by atoms with van der Waals surface area (Å²) < 4.78 is 5.48. The fraction of sp³-hybridized carbons (Fsp3) is 0.934. The summed E-state index contributed by atoms with van der Waals surface area (Å²) in [6, 6.07) is -0.548. The number of amides is 1. The van der Waals surface area contributed by atoms with Gasteiger partial charge in [0.2, 0.25) is 5.91 Å². The smallest absolute Gasteiger partial charge is 0.305 e. The third-order valence-corrected chi connectivity index (χ3v) is 14.3. The first-order valence-corrected chi connectivity index (χ1v) is 30.4. The second-order valence-electron chi connectivity index (χ2n) is 21.0. The van der Waals surface area contributed by atoms with Gasteiger partial charge in [0.15, 0.2) is 0 Å². The number of hydrogen-bond acceptors (Lipinski definition) is 5. The topological polar surface area (TPSA) is 95.9 Å². The molecular weight excluding hydrogens is 827 g/mol. The van der Waals surface area contributed by atoms with Gasteiger partial charge in [-0.15, -0.1) is 0 Å². The molecular formula is C61H119NO5. The first kappa shape index (κ1) is 65.6. The van der Waals surface area contributed by atoms with Crippen LogP contribution in [0.15, 0.2) is 12.2 Å². The quantitative estimate of drug-likeness (QED) is 0.0321. The Morgan fingerprint density at radius 1 is 0.403 bits per heavy atom. The van der Waals surface area contributed by atoms with Gasteiger partial charge in [0, 0.05) is 12.8 Å². The van der Waals surface area contributed by atoms with Crippen molar-refractivity contribution >= 4 is 11.9 Å². The van der Waals surface area contributed by atoms with Crippen LogP contribution in [0.4, 0.5) is 0 Å². The molecule has 0 aromatic carbocycles. The third kappa shape index (κ3) is 53.8. The number of nitrogens with one attached hydrogen (secondary N) is 1. The Kier molecular flexibility index (Phi) is 56.0. The van der Waals surface area contributed by atoms with Crippen LogP contribution in [0.1, 0.15) is 341 Å². The summed E-state index contributed by atoms with van der Waals surface area (Å²) in [7, 11) is 0.